The van der Waals surface area contributed by atoms with Crippen LogP contribution in [0.5, 0.6) is 0 Å². The number of nitrogens with zero attached hydrogens (tertiary/aromatic N) is 3. The Hall–Kier alpha value is -1.41. The van der Waals surface area contributed by atoms with Gasteiger partial charge in [0.25, 0.3) is 0 Å². The molecule has 0 aliphatic carbocycles. The van der Waals surface area contributed by atoms with Crippen LogP contribution in [-0.4, -0.2) is 54.4 Å². The maximum Gasteiger partial charge on any atom is 0.224 e. The minimum atomic E-state index is -3.24. The van der Waals surface area contributed by atoms with Gasteiger partial charge in [0.1, 0.15) is 0 Å². The summed E-state index contributed by atoms with van der Waals surface area (Å²) in [4.78, 5) is 14.2. The Bertz CT molecular complexity index is 556. The van der Waals surface area contributed by atoms with E-state index in [-0.39, 0.29) is 24.9 Å². The molecule has 118 valence electrons. The van der Waals surface area contributed by atoms with Crippen LogP contribution < -0.4 is 4.72 Å². The topological polar surface area (TPSA) is 84.3 Å². The molecule has 8 heteroatoms. The molecule has 1 aliphatic heterocycles. The maximum absolute atomic E-state index is 12.3. The number of hydrogen-bond donors (Lipinski definition) is 1. The molecule has 1 fully saturated rings. The largest absolute Gasteiger partial charge is 0.338 e. The van der Waals surface area contributed by atoms with Gasteiger partial charge < -0.3 is 4.90 Å². The SMILES string of the molecule is CS(=O)(=O)NCCC(=O)N1CCCC[C@@H]1Cn1cccn1. The molecule has 0 aromatic carbocycles. The quantitative estimate of drug-likeness (QED) is 0.813. The summed E-state index contributed by atoms with van der Waals surface area (Å²) >= 11 is 0. The first-order chi connectivity index (χ1) is 9.96. The molecule has 0 bridgehead atoms. The number of hydrogen-bond acceptors (Lipinski definition) is 4. The molecular weight excluding hydrogens is 292 g/mol. The van der Waals surface area contributed by atoms with Crippen molar-refractivity contribution in [3.63, 3.8) is 0 Å². The van der Waals surface area contributed by atoms with E-state index >= 15 is 0 Å². The van der Waals surface area contributed by atoms with Gasteiger partial charge in [-0.1, -0.05) is 0 Å². The van der Waals surface area contributed by atoms with Gasteiger partial charge in [0, 0.05) is 31.9 Å². The Labute approximate surface area is 125 Å². The van der Waals surface area contributed by atoms with Crippen LogP contribution in [0.2, 0.25) is 0 Å². The lowest BCUT2D eigenvalue weighted by molar-refractivity contribution is -0.135. The Morgan fingerprint density at radius 1 is 1.43 bits per heavy atom. The first-order valence-corrected chi connectivity index (χ1v) is 9.06. The van der Waals surface area contributed by atoms with Crippen molar-refractivity contribution in [2.75, 3.05) is 19.3 Å². The number of aromatic nitrogens is 2. The van der Waals surface area contributed by atoms with E-state index in [2.05, 4.69) is 9.82 Å². The molecule has 1 aromatic rings. The van der Waals surface area contributed by atoms with Crippen LogP contribution in [0, 0.1) is 0 Å². The van der Waals surface area contributed by atoms with E-state index in [1.54, 1.807) is 6.20 Å². The number of rotatable bonds is 6. The van der Waals surface area contributed by atoms with E-state index in [4.69, 9.17) is 0 Å². The Morgan fingerprint density at radius 2 is 2.24 bits per heavy atom. The summed E-state index contributed by atoms with van der Waals surface area (Å²) in [5.74, 6) is 0.00278. The van der Waals surface area contributed by atoms with Gasteiger partial charge in [-0.25, -0.2) is 13.1 Å². The van der Waals surface area contributed by atoms with Crippen molar-refractivity contribution in [1.82, 2.24) is 19.4 Å². The zero-order valence-electron chi connectivity index (χ0n) is 12.2. The first-order valence-electron chi connectivity index (χ1n) is 7.17. The molecule has 1 N–H and O–H groups in total. The number of sulfonamides is 1. The van der Waals surface area contributed by atoms with Crippen LogP contribution in [0.4, 0.5) is 0 Å². The van der Waals surface area contributed by atoms with Gasteiger partial charge in [0.2, 0.25) is 15.9 Å². The first kappa shape index (κ1) is 16.0. The summed E-state index contributed by atoms with van der Waals surface area (Å²) in [6, 6.07) is 2.01. The van der Waals surface area contributed by atoms with Crippen molar-refractivity contribution >= 4 is 15.9 Å². The molecule has 1 saturated heterocycles. The molecule has 1 amide bonds. The fourth-order valence-electron chi connectivity index (χ4n) is 2.63. The van der Waals surface area contributed by atoms with Crippen molar-refractivity contribution in [3.05, 3.63) is 18.5 Å². The minimum absolute atomic E-state index is 0.00278. The number of nitrogens with one attached hydrogen (secondary N) is 1. The number of piperidine rings is 1. The predicted molar refractivity (Wildman–Crippen MR) is 79.0 cm³/mol. The number of carbonyl (C=O) groups is 1. The molecule has 1 aromatic heterocycles. The van der Waals surface area contributed by atoms with Crippen LogP contribution in [0.3, 0.4) is 0 Å². The van der Waals surface area contributed by atoms with E-state index in [0.29, 0.717) is 6.54 Å². The Balaban J connectivity index is 1.89. The minimum Gasteiger partial charge on any atom is -0.338 e. The number of carbonyl (C=O) groups excluding carboxylic acids is 1. The highest BCUT2D eigenvalue weighted by atomic mass is 32.2. The van der Waals surface area contributed by atoms with Gasteiger partial charge >= 0.3 is 0 Å². The molecule has 7 nitrogen and oxygen atoms in total. The number of amides is 1. The fraction of sp³-hybridized carbons (Fsp3) is 0.692. The molecule has 0 spiro atoms. The van der Waals surface area contributed by atoms with Crippen LogP contribution in [-0.2, 0) is 21.4 Å². The van der Waals surface area contributed by atoms with E-state index in [9.17, 15) is 13.2 Å². The highest BCUT2D eigenvalue weighted by Crippen LogP contribution is 2.19. The third kappa shape index (κ3) is 5.13. The average molecular weight is 314 g/mol. The van der Waals surface area contributed by atoms with Crippen molar-refractivity contribution in [2.24, 2.45) is 0 Å². The third-order valence-electron chi connectivity index (χ3n) is 3.61. The zero-order chi connectivity index (χ0) is 15.3. The summed E-state index contributed by atoms with van der Waals surface area (Å²) in [6.45, 7) is 1.59. The molecule has 21 heavy (non-hydrogen) atoms. The van der Waals surface area contributed by atoms with Crippen LogP contribution >= 0.6 is 0 Å². The zero-order valence-corrected chi connectivity index (χ0v) is 13.1. The smallest absolute Gasteiger partial charge is 0.224 e. The highest BCUT2D eigenvalue weighted by Gasteiger charge is 2.26. The van der Waals surface area contributed by atoms with E-state index < -0.39 is 10.0 Å². The maximum atomic E-state index is 12.3. The Morgan fingerprint density at radius 3 is 2.90 bits per heavy atom. The Kier molecular flexibility index (Phi) is 5.35. The van der Waals surface area contributed by atoms with Gasteiger partial charge in [-0.05, 0) is 25.3 Å². The summed E-state index contributed by atoms with van der Waals surface area (Å²) in [7, 11) is -3.24. The van der Waals surface area contributed by atoms with Gasteiger partial charge in [0.15, 0.2) is 0 Å². The predicted octanol–water partition coefficient (Wildman–Crippen LogP) is 0.204. The fourth-order valence-corrected chi connectivity index (χ4v) is 3.10. The summed E-state index contributed by atoms with van der Waals surface area (Å²) < 4.78 is 26.2. The monoisotopic (exact) mass is 314 g/mol. The molecular formula is C13H22N4O3S. The van der Waals surface area contributed by atoms with Crippen molar-refractivity contribution in [3.8, 4) is 0 Å². The normalized spacial score (nSPS) is 19.7. The summed E-state index contributed by atoms with van der Waals surface area (Å²) in [6.07, 6.45) is 7.98. The number of likely N-dealkylation sites (tertiary alicyclic amines) is 1. The molecule has 2 rings (SSSR count). The summed E-state index contributed by atoms with van der Waals surface area (Å²) in [5.41, 5.74) is 0. The van der Waals surface area contributed by atoms with E-state index in [1.165, 1.54) is 0 Å². The van der Waals surface area contributed by atoms with Gasteiger partial charge in [-0.3, -0.25) is 9.48 Å². The molecule has 1 aliphatic rings. The third-order valence-corrected chi connectivity index (χ3v) is 4.34. The van der Waals surface area contributed by atoms with E-state index in [1.807, 2.05) is 21.8 Å². The molecule has 0 radical (unpaired) electrons. The standard InChI is InChI=1S/C13H22N4O3S/c1-21(19,20)15-8-6-13(18)17-10-3-2-5-12(17)11-16-9-4-7-14-16/h4,7,9,12,15H,2-3,5-6,8,10-11H2,1H3/t12-/m1/s1. The lowest BCUT2D eigenvalue weighted by atomic mass is 10.0. The molecule has 2 heterocycles. The van der Waals surface area contributed by atoms with Gasteiger partial charge in [0.05, 0.1) is 18.8 Å². The lowest BCUT2D eigenvalue weighted by Crippen LogP contribution is -2.46. The second kappa shape index (κ2) is 7.04. The van der Waals surface area contributed by atoms with Gasteiger partial charge in [-0.2, -0.15) is 5.10 Å². The lowest BCUT2D eigenvalue weighted by Gasteiger charge is -2.35. The molecule has 1 atom stereocenters. The average Bonchev–Trinajstić information content (AvgIpc) is 2.90. The second-order valence-electron chi connectivity index (χ2n) is 5.38. The van der Waals surface area contributed by atoms with Crippen LogP contribution in [0.25, 0.3) is 0 Å². The van der Waals surface area contributed by atoms with Crippen molar-refractivity contribution < 1.29 is 13.2 Å². The van der Waals surface area contributed by atoms with E-state index in [0.717, 1.165) is 32.1 Å². The second-order valence-corrected chi connectivity index (χ2v) is 7.21. The van der Waals surface area contributed by atoms with Gasteiger partial charge in [-0.15, -0.1) is 0 Å². The van der Waals surface area contributed by atoms with Crippen molar-refractivity contribution in [1.29, 1.82) is 0 Å². The summed E-state index contributed by atoms with van der Waals surface area (Å²) in [5, 5.41) is 4.19. The molecule has 0 unspecified atom stereocenters. The molecule has 0 saturated carbocycles. The van der Waals surface area contributed by atoms with Crippen LogP contribution in [0.15, 0.2) is 18.5 Å². The highest BCUT2D eigenvalue weighted by molar-refractivity contribution is 7.88. The van der Waals surface area contributed by atoms with Crippen LogP contribution in [0.1, 0.15) is 25.7 Å². The van der Waals surface area contributed by atoms with Crippen molar-refractivity contribution in [2.45, 2.75) is 38.3 Å².